The molecular weight excluding hydrogens is 396 g/mol. The molecule has 31 heavy (non-hydrogen) atoms. The quantitative estimate of drug-likeness (QED) is 0.264. The highest BCUT2D eigenvalue weighted by atomic mass is 16.5. The smallest absolute Gasteiger partial charge is 0.305 e. The third-order valence-electron chi connectivity index (χ3n) is 6.39. The number of esters is 1. The second kappa shape index (κ2) is 12.6. The molecule has 7 nitrogen and oxygen atoms in total. The van der Waals surface area contributed by atoms with Crippen LogP contribution >= 0.6 is 0 Å². The van der Waals surface area contributed by atoms with Gasteiger partial charge in [0.2, 0.25) is 11.8 Å². The minimum Gasteiger partial charge on any atom is -0.463 e. The number of aliphatic hydroxyl groups excluding tert-OH is 1. The van der Waals surface area contributed by atoms with E-state index in [9.17, 15) is 19.5 Å². The van der Waals surface area contributed by atoms with Gasteiger partial charge in [-0.25, -0.2) is 0 Å². The number of nitrogens with one attached hydrogen (secondary N) is 1. The number of amides is 2. The van der Waals surface area contributed by atoms with Gasteiger partial charge in [0.1, 0.15) is 6.61 Å². The molecule has 174 valence electrons. The number of hydrogen-bond donors (Lipinski definition) is 2. The van der Waals surface area contributed by atoms with Gasteiger partial charge in [0.25, 0.3) is 0 Å². The van der Waals surface area contributed by atoms with Crippen molar-refractivity contribution in [2.75, 3.05) is 19.8 Å². The zero-order chi connectivity index (χ0) is 22.7. The van der Waals surface area contributed by atoms with Crippen LogP contribution in [0.5, 0.6) is 0 Å². The highest BCUT2D eigenvalue weighted by molar-refractivity contribution is 5.86. The van der Waals surface area contributed by atoms with Crippen molar-refractivity contribution < 1.29 is 24.2 Å². The number of carbonyl (C=O) groups excluding carboxylic acids is 3. The van der Waals surface area contributed by atoms with Crippen LogP contribution in [-0.2, 0) is 19.1 Å². The van der Waals surface area contributed by atoms with Gasteiger partial charge >= 0.3 is 5.97 Å². The largest absolute Gasteiger partial charge is 0.463 e. The Morgan fingerprint density at radius 1 is 1.19 bits per heavy atom. The van der Waals surface area contributed by atoms with Crippen LogP contribution in [0.3, 0.4) is 0 Å². The van der Waals surface area contributed by atoms with Crippen LogP contribution in [0.1, 0.15) is 70.6 Å². The third-order valence-corrected chi connectivity index (χ3v) is 6.39. The van der Waals surface area contributed by atoms with E-state index in [0.29, 0.717) is 25.8 Å². The van der Waals surface area contributed by atoms with Crippen LogP contribution in [0, 0.1) is 5.92 Å². The molecule has 0 radical (unpaired) electrons. The fourth-order valence-electron chi connectivity index (χ4n) is 4.60. The van der Waals surface area contributed by atoms with Gasteiger partial charge in [-0.05, 0) is 44.9 Å². The highest BCUT2D eigenvalue weighted by Gasteiger charge is 2.37. The SMILES string of the molecule is C=CCCCC(=O)OC[C@@H]1CCCN1C(=O)[C@H](CC=C)CC(=O)NC1(CO)CCCC1. The molecular formula is C24H38N2O5. The fourth-order valence-corrected chi connectivity index (χ4v) is 4.60. The maximum atomic E-state index is 13.2. The van der Waals surface area contributed by atoms with E-state index in [4.69, 9.17) is 4.74 Å². The second-order valence-electron chi connectivity index (χ2n) is 8.81. The minimum absolute atomic E-state index is 0.0666. The predicted molar refractivity (Wildman–Crippen MR) is 119 cm³/mol. The molecule has 0 aromatic carbocycles. The first-order valence-corrected chi connectivity index (χ1v) is 11.5. The molecule has 1 aliphatic carbocycles. The van der Waals surface area contributed by atoms with Crippen molar-refractivity contribution in [1.29, 1.82) is 0 Å². The molecule has 0 aromatic rings. The highest BCUT2D eigenvalue weighted by Crippen LogP contribution is 2.30. The van der Waals surface area contributed by atoms with Crippen molar-refractivity contribution >= 4 is 17.8 Å². The van der Waals surface area contributed by atoms with Gasteiger partial charge < -0.3 is 20.1 Å². The zero-order valence-corrected chi connectivity index (χ0v) is 18.7. The monoisotopic (exact) mass is 434 g/mol. The summed E-state index contributed by atoms with van der Waals surface area (Å²) in [4.78, 5) is 39.6. The number of nitrogens with zero attached hydrogens (tertiary/aromatic N) is 1. The lowest BCUT2D eigenvalue weighted by molar-refractivity contribution is -0.148. The number of unbranched alkanes of at least 4 members (excludes halogenated alkanes) is 1. The van der Waals surface area contributed by atoms with E-state index in [1.165, 1.54) is 0 Å². The number of likely N-dealkylation sites (tertiary alicyclic amines) is 1. The van der Waals surface area contributed by atoms with E-state index in [1.54, 1.807) is 17.1 Å². The fraction of sp³-hybridized carbons (Fsp3) is 0.708. The van der Waals surface area contributed by atoms with Gasteiger partial charge in [0, 0.05) is 19.4 Å². The zero-order valence-electron chi connectivity index (χ0n) is 18.7. The van der Waals surface area contributed by atoms with Crippen LogP contribution < -0.4 is 5.32 Å². The molecule has 0 aromatic heterocycles. The second-order valence-corrected chi connectivity index (χ2v) is 8.81. The molecule has 0 unspecified atom stereocenters. The van der Waals surface area contributed by atoms with Crippen LogP contribution in [0.25, 0.3) is 0 Å². The van der Waals surface area contributed by atoms with Crippen LogP contribution in [-0.4, -0.2) is 59.1 Å². The van der Waals surface area contributed by atoms with Gasteiger partial charge in [-0.15, -0.1) is 13.2 Å². The average Bonchev–Trinajstić information content (AvgIpc) is 3.41. The van der Waals surface area contributed by atoms with Gasteiger partial charge in [-0.3, -0.25) is 14.4 Å². The molecule has 2 rings (SSSR count). The van der Waals surface area contributed by atoms with E-state index in [2.05, 4.69) is 18.5 Å². The van der Waals surface area contributed by atoms with Crippen molar-refractivity contribution in [3.05, 3.63) is 25.3 Å². The summed E-state index contributed by atoms with van der Waals surface area (Å²) in [7, 11) is 0. The van der Waals surface area contributed by atoms with E-state index in [1.807, 2.05) is 0 Å². The number of allylic oxidation sites excluding steroid dienone is 2. The number of ether oxygens (including phenoxy) is 1. The molecule has 1 saturated heterocycles. The summed E-state index contributed by atoms with van der Waals surface area (Å²) in [6.07, 6.45) is 10.9. The van der Waals surface area contributed by atoms with Crippen molar-refractivity contribution in [3.8, 4) is 0 Å². The van der Waals surface area contributed by atoms with Crippen LogP contribution in [0.4, 0.5) is 0 Å². The van der Waals surface area contributed by atoms with E-state index >= 15 is 0 Å². The molecule has 1 aliphatic heterocycles. The Morgan fingerprint density at radius 2 is 1.94 bits per heavy atom. The van der Waals surface area contributed by atoms with E-state index in [0.717, 1.165) is 44.9 Å². The van der Waals surface area contributed by atoms with Gasteiger partial charge in [-0.2, -0.15) is 0 Å². The summed E-state index contributed by atoms with van der Waals surface area (Å²) in [5.41, 5.74) is -0.547. The van der Waals surface area contributed by atoms with Crippen molar-refractivity contribution in [2.24, 2.45) is 5.92 Å². The molecule has 1 heterocycles. The first-order valence-electron chi connectivity index (χ1n) is 11.5. The molecule has 7 heteroatoms. The maximum absolute atomic E-state index is 13.2. The molecule has 2 aliphatic rings. The molecule has 2 fully saturated rings. The van der Waals surface area contributed by atoms with Crippen LogP contribution in [0.2, 0.25) is 0 Å². The topological polar surface area (TPSA) is 95.9 Å². The Labute approximate surface area is 185 Å². The average molecular weight is 435 g/mol. The summed E-state index contributed by atoms with van der Waals surface area (Å²) >= 11 is 0. The summed E-state index contributed by atoms with van der Waals surface area (Å²) in [5.74, 6) is -1.06. The lowest BCUT2D eigenvalue weighted by Gasteiger charge is -2.31. The van der Waals surface area contributed by atoms with E-state index in [-0.39, 0.29) is 43.5 Å². The maximum Gasteiger partial charge on any atom is 0.305 e. The Balaban J connectivity index is 1.91. The summed E-state index contributed by atoms with van der Waals surface area (Å²) in [5, 5.41) is 12.7. The standard InChI is InChI=1S/C24H38N2O5/c1-3-5-6-12-22(29)31-17-20-11-9-15-26(20)23(30)19(10-4-2)16-21(28)25-24(18-27)13-7-8-14-24/h3-4,19-20,27H,1-2,5-18H2,(H,25,28)/t19-,20+/m1/s1. The number of rotatable bonds is 13. The Morgan fingerprint density at radius 3 is 2.58 bits per heavy atom. The molecule has 2 atom stereocenters. The number of aliphatic hydroxyl groups is 1. The minimum atomic E-state index is -0.547. The molecule has 2 N–H and O–H groups in total. The van der Waals surface area contributed by atoms with E-state index < -0.39 is 11.5 Å². The van der Waals surface area contributed by atoms with Crippen molar-refractivity contribution in [1.82, 2.24) is 10.2 Å². The Kier molecular flexibility index (Phi) is 10.2. The predicted octanol–water partition coefficient (Wildman–Crippen LogP) is 2.88. The van der Waals surface area contributed by atoms with Gasteiger partial charge in [0.15, 0.2) is 0 Å². The first-order chi connectivity index (χ1) is 14.9. The van der Waals surface area contributed by atoms with Gasteiger partial charge in [0.05, 0.1) is 24.1 Å². The van der Waals surface area contributed by atoms with Crippen molar-refractivity contribution in [2.45, 2.75) is 82.2 Å². The Bertz CT molecular complexity index is 642. The first kappa shape index (κ1) is 25.1. The third kappa shape index (κ3) is 7.49. The molecule has 0 bridgehead atoms. The molecule has 0 spiro atoms. The van der Waals surface area contributed by atoms with Crippen molar-refractivity contribution in [3.63, 3.8) is 0 Å². The molecule has 1 saturated carbocycles. The lowest BCUT2D eigenvalue weighted by atomic mass is 9.95. The summed E-state index contributed by atoms with van der Waals surface area (Å²) < 4.78 is 5.40. The Hall–Kier alpha value is -2.15. The molecule has 2 amide bonds. The number of carbonyl (C=O) groups is 3. The van der Waals surface area contributed by atoms with Gasteiger partial charge in [-0.1, -0.05) is 25.0 Å². The number of hydrogen-bond acceptors (Lipinski definition) is 5. The summed E-state index contributed by atoms with van der Waals surface area (Å²) in [6.45, 7) is 8.11. The normalized spacial score (nSPS) is 20.8. The summed E-state index contributed by atoms with van der Waals surface area (Å²) in [6, 6.07) is -0.148. The van der Waals surface area contributed by atoms with Crippen LogP contribution in [0.15, 0.2) is 25.3 Å². The lowest BCUT2D eigenvalue weighted by Crippen LogP contribution is -2.50.